The molecule has 1 aromatic heterocycles. The van der Waals surface area contributed by atoms with Gasteiger partial charge in [-0.2, -0.15) is 5.26 Å². The molecule has 3 atom stereocenters. The van der Waals surface area contributed by atoms with E-state index < -0.39 is 17.6 Å². The summed E-state index contributed by atoms with van der Waals surface area (Å²) < 4.78 is 23.4. The van der Waals surface area contributed by atoms with Crippen molar-refractivity contribution in [3.8, 4) is 23.3 Å². The summed E-state index contributed by atoms with van der Waals surface area (Å²) in [5, 5.41) is 10.6. The highest BCUT2D eigenvalue weighted by molar-refractivity contribution is 6.05. The largest absolute Gasteiger partial charge is 0.494 e. The van der Waals surface area contributed by atoms with Gasteiger partial charge in [-0.25, -0.2) is 4.79 Å². The topological polar surface area (TPSA) is 131 Å². The number of nitrogens with two attached hydrogens (primary N) is 1. The summed E-state index contributed by atoms with van der Waals surface area (Å²) in [6, 6.07) is 31.1. The number of hydrogen-bond acceptors (Lipinski definition) is 9. The van der Waals surface area contributed by atoms with Gasteiger partial charge < -0.3 is 29.3 Å². The van der Waals surface area contributed by atoms with Gasteiger partial charge in [-0.3, -0.25) is 9.69 Å². The maximum absolute atomic E-state index is 13.7. The number of nitriles is 1. The van der Waals surface area contributed by atoms with Crippen LogP contribution in [0, 0.1) is 11.3 Å². The molecular weight excluding hydrogens is 608 g/mol. The molecule has 3 heterocycles. The molecule has 5 aromatic rings. The third-order valence-electron chi connectivity index (χ3n) is 8.67. The van der Waals surface area contributed by atoms with E-state index in [4.69, 9.17) is 24.4 Å². The van der Waals surface area contributed by atoms with Gasteiger partial charge >= 0.3 is 5.63 Å². The van der Waals surface area contributed by atoms with E-state index in [0.29, 0.717) is 28.9 Å². The third kappa shape index (κ3) is 5.15. The Labute approximate surface area is 276 Å². The Bertz CT molecular complexity index is 2150. The van der Waals surface area contributed by atoms with Gasteiger partial charge in [0.25, 0.3) is 5.91 Å². The second kappa shape index (κ2) is 12.2. The van der Waals surface area contributed by atoms with Crippen molar-refractivity contribution in [2.75, 3.05) is 30.5 Å². The Kier molecular flexibility index (Phi) is 7.73. The smallest absolute Gasteiger partial charge is 0.344 e. The highest BCUT2D eigenvalue weighted by Crippen LogP contribution is 2.45. The molecule has 1 saturated heterocycles. The molecule has 1 fully saturated rings. The number of para-hydroxylation sites is 1. The number of anilines is 2. The van der Waals surface area contributed by atoms with Crippen LogP contribution >= 0.6 is 0 Å². The molecule has 48 heavy (non-hydrogen) atoms. The summed E-state index contributed by atoms with van der Waals surface area (Å²) in [5.74, 6) is 0.354. The van der Waals surface area contributed by atoms with Gasteiger partial charge in [-0.15, -0.1) is 0 Å². The number of ether oxygens (including phenoxy) is 3. The average Bonchev–Trinajstić information content (AvgIpc) is 3.10. The molecule has 2 N–H and O–H groups in total. The average molecular weight is 641 g/mol. The molecular formula is C38H32N4O6. The first-order chi connectivity index (χ1) is 23.3. The zero-order valence-corrected chi connectivity index (χ0v) is 26.5. The highest BCUT2D eigenvalue weighted by Gasteiger charge is 2.51. The molecule has 1 amide bonds. The van der Waals surface area contributed by atoms with Crippen LogP contribution in [0.3, 0.4) is 0 Å². The van der Waals surface area contributed by atoms with Crippen molar-refractivity contribution >= 4 is 28.3 Å². The molecule has 7 rings (SSSR count). The monoisotopic (exact) mass is 640 g/mol. The molecule has 2 aliphatic heterocycles. The first-order valence-corrected chi connectivity index (χ1v) is 15.5. The lowest BCUT2D eigenvalue weighted by Gasteiger charge is -2.46. The zero-order chi connectivity index (χ0) is 33.5. The molecule has 2 aliphatic rings. The van der Waals surface area contributed by atoms with Crippen molar-refractivity contribution < 1.29 is 23.4 Å². The van der Waals surface area contributed by atoms with E-state index in [1.54, 1.807) is 53.4 Å². The lowest BCUT2D eigenvalue weighted by Crippen LogP contribution is -2.61. The van der Waals surface area contributed by atoms with Gasteiger partial charge in [0.15, 0.2) is 5.75 Å². The maximum Gasteiger partial charge on any atom is 0.344 e. The fourth-order valence-corrected chi connectivity index (χ4v) is 6.31. The second-order valence-electron chi connectivity index (χ2n) is 11.7. The Hall–Kier alpha value is -6.21. The van der Waals surface area contributed by atoms with E-state index in [-0.39, 0.29) is 34.7 Å². The van der Waals surface area contributed by atoms with Crippen LogP contribution in [0.15, 0.2) is 118 Å². The standard InChI is InChI=1S/C38H32N4O6/c1-4-45-26-19-15-25(16-20-26)42-33(23-9-13-24(14-10-23)41(2)3)35(37(42)43)46-27-17-11-22(12-18-27)31-29(21-39)36(40)48-34-28-7-5-6-8-30(28)47-38(44)32(31)34/h5-20,31,33,35H,4,40H2,1-3H3/t31?,33-,35+/m0/s1. The van der Waals surface area contributed by atoms with Crippen LogP contribution in [-0.2, 0) is 4.79 Å². The number of benzene rings is 4. The molecule has 0 aliphatic carbocycles. The number of β-lactam (4-membered cyclic amide) rings is 1. The fourth-order valence-electron chi connectivity index (χ4n) is 6.31. The van der Waals surface area contributed by atoms with Gasteiger partial charge in [0.2, 0.25) is 12.0 Å². The van der Waals surface area contributed by atoms with Crippen molar-refractivity contribution in [3.05, 3.63) is 136 Å². The molecule has 10 nitrogen and oxygen atoms in total. The Morgan fingerprint density at radius 1 is 0.896 bits per heavy atom. The van der Waals surface area contributed by atoms with Gasteiger partial charge in [0.05, 0.1) is 23.5 Å². The van der Waals surface area contributed by atoms with Crippen LogP contribution in [0.25, 0.3) is 11.0 Å². The minimum absolute atomic E-state index is 0.0800. The van der Waals surface area contributed by atoms with Crippen LogP contribution in [0.2, 0.25) is 0 Å². The first kappa shape index (κ1) is 30.4. The first-order valence-electron chi connectivity index (χ1n) is 15.5. The number of allylic oxidation sites excluding steroid dienone is 1. The number of nitrogens with zero attached hydrogens (tertiary/aromatic N) is 3. The predicted octanol–water partition coefficient (Wildman–Crippen LogP) is 6.01. The number of hydrogen-bond donors (Lipinski definition) is 1. The fraction of sp³-hybridized carbons (Fsp3) is 0.184. The van der Waals surface area contributed by atoms with E-state index in [2.05, 4.69) is 6.07 Å². The van der Waals surface area contributed by atoms with Crippen molar-refractivity contribution in [2.24, 2.45) is 5.73 Å². The van der Waals surface area contributed by atoms with E-state index in [1.807, 2.05) is 74.4 Å². The Balaban J connectivity index is 1.21. The molecule has 0 radical (unpaired) electrons. The summed E-state index contributed by atoms with van der Waals surface area (Å²) in [6.45, 7) is 2.47. The number of rotatable bonds is 8. The van der Waals surface area contributed by atoms with E-state index in [9.17, 15) is 14.9 Å². The molecule has 1 unspecified atom stereocenters. The molecule has 0 saturated carbocycles. The van der Waals surface area contributed by atoms with Crippen molar-refractivity contribution in [3.63, 3.8) is 0 Å². The van der Waals surface area contributed by atoms with Gasteiger partial charge in [-0.05, 0) is 78.7 Å². The van der Waals surface area contributed by atoms with Gasteiger partial charge in [0.1, 0.15) is 34.8 Å². The lowest BCUT2D eigenvalue weighted by molar-refractivity contribution is -0.135. The summed E-state index contributed by atoms with van der Waals surface area (Å²) >= 11 is 0. The summed E-state index contributed by atoms with van der Waals surface area (Å²) in [5.41, 5.74) is 9.54. The molecule has 0 spiro atoms. The SMILES string of the molecule is CCOc1ccc(N2C(=O)[C@H](Oc3ccc(C4C(C#N)=C(N)Oc5c4c(=O)oc4ccccc54)cc3)[C@@H]2c2ccc(N(C)C)cc2)cc1. The molecule has 4 aromatic carbocycles. The number of amides is 1. The quantitative estimate of drug-likeness (QED) is 0.160. The number of carbonyl (C=O) groups excluding carboxylic acids is 1. The zero-order valence-electron chi connectivity index (χ0n) is 26.5. The van der Waals surface area contributed by atoms with E-state index >= 15 is 0 Å². The Morgan fingerprint density at radius 3 is 2.23 bits per heavy atom. The maximum atomic E-state index is 13.7. The van der Waals surface area contributed by atoms with Crippen LogP contribution in [0.5, 0.6) is 17.2 Å². The van der Waals surface area contributed by atoms with Crippen molar-refractivity contribution in [1.82, 2.24) is 0 Å². The number of fused-ring (bicyclic) bond motifs is 3. The van der Waals surface area contributed by atoms with E-state index in [0.717, 1.165) is 22.7 Å². The summed E-state index contributed by atoms with van der Waals surface area (Å²) in [7, 11) is 3.95. The van der Waals surface area contributed by atoms with Crippen LogP contribution in [0.1, 0.15) is 35.6 Å². The van der Waals surface area contributed by atoms with Gasteiger partial charge in [-0.1, -0.05) is 36.4 Å². The van der Waals surface area contributed by atoms with E-state index in [1.165, 1.54) is 0 Å². The second-order valence-corrected chi connectivity index (χ2v) is 11.7. The van der Waals surface area contributed by atoms with Crippen molar-refractivity contribution in [1.29, 1.82) is 5.26 Å². The normalized spacial score (nSPS) is 18.4. The summed E-state index contributed by atoms with van der Waals surface area (Å²) in [4.78, 5) is 30.7. The van der Waals surface area contributed by atoms with Crippen LogP contribution in [0.4, 0.5) is 11.4 Å². The van der Waals surface area contributed by atoms with Crippen molar-refractivity contribution in [2.45, 2.75) is 25.0 Å². The summed E-state index contributed by atoms with van der Waals surface area (Å²) in [6.07, 6.45) is -0.792. The minimum Gasteiger partial charge on any atom is -0.494 e. The molecule has 10 heteroatoms. The van der Waals surface area contributed by atoms with Gasteiger partial charge in [0, 0.05) is 25.5 Å². The number of carbonyl (C=O) groups is 1. The minimum atomic E-state index is -0.822. The van der Waals surface area contributed by atoms with Crippen LogP contribution in [-0.4, -0.2) is 32.7 Å². The predicted molar refractivity (Wildman–Crippen MR) is 181 cm³/mol. The van der Waals surface area contributed by atoms with Crippen LogP contribution < -0.4 is 35.4 Å². The lowest BCUT2D eigenvalue weighted by atomic mass is 9.84. The third-order valence-corrected chi connectivity index (χ3v) is 8.67. The Morgan fingerprint density at radius 2 is 1.56 bits per heavy atom. The molecule has 240 valence electrons. The molecule has 0 bridgehead atoms. The highest BCUT2D eigenvalue weighted by atomic mass is 16.5.